The van der Waals surface area contributed by atoms with E-state index in [1.807, 2.05) is 0 Å². The van der Waals surface area contributed by atoms with Gasteiger partial charge in [0, 0.05) is 11.6 Å². The molecule has 6 heteroatoms. The maximum atomic E-state index is 13.7. The number of ether oxygens (including phenoxy) is 1. The van der Waals surface area contributed by atoms with Crippen LogP contribution < -0.4 is 4.74 Å². The summed E-state index contributed by atoms with van der Waals surface area (Å²) in [5, 5.41) is 15.8. The predicted octanol–water partition coefficient (Wildman–Crippen LogP) is 1.99. The molecule has 0 saturated carbocycles. The van der Waals surface area contributed by atoms with E-state index < -0.39 is 11.8 Å². The Kier molecular flexibility index (Phi) is 3.18. The number of halogens is 1. The molecule has 0 bridgehead atoms. The summed E-state index contributed by atoms with van der Waals surface area (Å²) < 4.78 is 18.6. The monoisotopic (exact) mass is 248 g/mol. The molecule has 0 radical (unpaired) electrons. The average molecular weight is 248 g/mol. The smallest absolute Gasteiger partial charge is 0.356 e. The lowest BCUT2D eigenvalue weighted by atomic mass is 10.1. The van der Waals surface area contributed by atoms with Crippen LogP contribution in [0.3, 0.4) is 0 Å². The Morgan fingerprint density at radius 2 is 2.06 bits per heavy atom. The highest BCUT2D eigenvalue weighted by molar-refractivity contribution is 5.85. The number of nitrogens with zero attached hydrogens (tertiary/aromatic N) is 2. The second-order valence-corrected chi connectivity index (χ2v) is 3.45. The van der Waals surface area contributed by atoms with E-state index in [4.69, 9.17) is 9.84 Å². The Morgan fingerprint density at radius 1 is 1.28 bits per heavy atom. The summed E-state index contributed by atoms with van der Waals surface area (Å²) >= 11 is 0. The molecule has 0 aliphatic carbocycles. The van der Waals surface area contributed by atoms with Crippen LogP contribution in [-0.2, 0) is 0 Å². The molecule has 0 fully saturated rings. The lowest BCUT2D eigenvalue weighted by Crippen LogP contribution is -2.02. The number of carboxylic acid groups (broad SMARTS) is 1. The zero-order valence-electron chi connectivity index (χ0n) is 9.42. The van der Waals surface area contributed by atoms with Gasteiger partial charge in [-0.15, -0.1) is 10.2 Å². The molecule has 1 N–H and O–H groups in total. The molecule has 0 amide bonds. The summed E-state index contributed by atoms with van der Waals surface area (Å²) in [6.07, 6.45) is 0. The van der Waals surface area contributed by atoms with E-state index in [1.54, 1.807) is 6.07 Å². The van der Waals surface area contributed by atoms with Gasteiger partial charge in [0.15, 0.2) is 5.69 Å². The van der Waals surface area contributed by atoms with Crippen molar-refractivity contribution in [3.05, 3.63) is 41.8 Å². The summed E-state index contributed by atoms with van der Waals surface area (Å²) in [5.74, 6) is -1.29. The van der Waals surface area contributed by atoms with Gasteiger partial charge in [-0.05, 0) is 24.3 Å². The van der Waals surface area contributed by atoms with E-state index >= 15 is 0 Å². The van der Waals surface area contributed by atoms with Crippen molar-refractivity contribution in [1.82, 2.24) is 10.2 Å². The molecule has 1 aromatic heterocycles. The molecular formula is C12H9FN2O3. The van der Waals surface area contributed by atoms with Crippen LogP contribution in [0.15, 0.2) is 30.3 Å². The Bertz CT molecular complexity index is 584. The number of hydrogen-bond donors (Lipinski definition) is 1. The topological polar surface area (TPSA) is 72.3 Å². The van der Waals surface area contributed by atoms with E-state index in [0.717, 1.165) is 0 Å². The van der Waals surface area contributed by atoms with Crippen LogP contribution in [0.25, 0.3) is 11.3 Å². The Labute approximate surface area is 102 Å². The highest BCUT2D eigenvalue weighted by Crippen LogP contribution is 2.24. The molecule has 0 saturated heterocycles. The minimum Gasteiger partial charge on any atom is -0.497 e. The third-order valence-electron chi connectivity index (χ3n) is 2.34. The molecule has 2 aromatic rings. The van der Waals surface area contributed by atoms with Crippen LogP contribution in [0, 0.1) is 5.82 Å². The molecular weight excluding hydrogens is 239 g/mol. The zero-order valence-corrected chi connectivity index (χ0v) is 9.42. The van der Waals surface area contributed by atoms with Crippen molar-refractivity contribution in [2.75, 3.05) is 7.11 Å². The third-order valence-corrected chi connectivity index (χ3v) is 2.34. The third kappa shape index (κ3) is 2.27. The second-order valence-electron chi connectivity index (χ2n) is 3.45. The highest BCUT2D eigenvalue weighted by Gasteiger charge is 2.10. The van der Waals surface area contributed by atoms with Crippen LogP contribution in [0.4, 0.5) is 4.39 Å². The fourth-order valence-corrected chi connectivity index (χ4v) is 1.42. The number of methoxy groups -OCH3 is 1. The Balaban J connectivity index is 2.39. The molecule has 0 aliphatic heterocycles. The first-order valence-electron chi connectivity index (χ1n) is 5.03. The number of benzene rings is 1. The van der Waals surface area contributed by atoms with Crippen molar-refractivity contribution in [3.8, 4) is 17.0 Å². The first-order chi connectivity index (χ1) is 8.61. The molecule has 0 unspecified atom stereocenters. The number of carboxylic acids is 1. The van der Waals surface area contributed by atoms with Gasteiger partial charge in [0.1, 0.15) is 11.6 Å². The Hall–Kier alpha value is -2.50. The van der Waals surface area contributed by atoms with E-state index in [9.17, 15) is 9.18 Å². The number of hydrogen-bond acceptors (Lipinski definition) is 4. The molecule has 1 heterocycles. The molecule has 2 rings (SSSR count). The van der Waals surface area contributed by atoms with Crippen LogP contribution in [0.5, 0.6) is 5.75 Å². The normalized spacial score (nSPS) is 10.1. The van der Waals surface area contributed by atoms with Crippen molar-refractivity contribution >= 4 is 5.97 Å². The first-order valence-corrected chi connectivity index (χ1v) is 5.03. The quantitative estimate of drug-likeness (QED) is 0.899. The standard InChI is InChI=1S/C12H9FN2O3/c1-18-7-2-3-8(9(13)6-7)10-4-5-11(12(16)17)15-14-10/h2-6H,1H3,(H,16,17). The minimum atomic E-state index is -1.18. The summed E-state index contributed by atoms with van der Waals surface area (Å²) in [4.78, 5) is 10.6. The van der Waals surface area contributed by atoms with Crippen molar-refractivity contribution in [2.24, 2.45) is 0 Å². The zero-order chi connectivity index (χ0) is 13.1. The summed E-state index contributed by atoms with van der Waals surface area (Å²) in [7, 11) is 1.44. The summed E-state index contributed by atoms with van der Waals surface area (Å²) in [5.41, 5.74) is 0.313. The number of carbonyl (C=O) groups is 1. The van der Waals surface area contributed by atoms with Crippen molar-refractivity contribution < 1.29 is 19.0 Å². The lowest BCUT2D eigenvalue weighted by molar-refractivity contribution is 0.0689. The van der Waals surface area contributed by atoms with Gasteiger partial charge in [0.25, 0.3) is 0 Å². The van der Waals surface area contributed by atoms with Gasteiger partial charge in [0.05, 0.1) is 12.8 Å². The first kappa shape index (κ1) is 12.0. The van der Waals surface area contributed by atoms with Crippen LogP contribution in [0.1, 0.15) is 10.5 Å². The fraction of sp³-hybridized carbons (Fsp3) is 0.0833. The largest absolute Gasteiger partial charge is 0.497 e. The van der Waals surface area contributed by atoms with Crippen LogP contribution in [-0.4, -0.2) is 28.4 Å². The summed E-state index contributed by atoms with van der Waals surface area (Å²) in [6.45, 7) is 0. The van der Waals surface area contributed by atoms with Crippen molar-refractivity contribution in [1.29, 1.82) is 0 Å². The Morgan fingerprint density at radius 3 is 2.56 bits per heavy atom. The van der Waals surface area contributed by atoms with Gasteiger partial charge in [-0.25, -0.2) is 9.18 Å². The molecule has 0 aliphatic rings. The number of rotatable bonds is 3. The van der Waals surface area contributed by atoms with Gasteiger partial charge in [-0.3, -0.25) is 0 Å². The van der Waals surface area contributed by atoms with Crippen LogP contribution in [0.2, 0.25) is 0 Å². The molecule has 0 atom stereocenters. The average Bonchev–Trinajstić information content (AvgIpc) is 2.38. The van der Waals surface area contributed by atoms with Crippen molar-refractivity contribution in [3.63, 3.8) is 0 Å². The molecule has 18 heavy (non-hydrogen) atoms. The number of aromatic nitrogens is 2. The van der Waals surface area contributed by atoms with E-state index in [-0.39, 0.29) is 17.0 Å². The second kappa shape index (κ2) is 4.79. The lowest BCUT2D eigenvalue weighted by Gasteiger charge is -2.04. The van der Waals surface area contributed by atoms with Crippen molar-refractivity contribution in [2.45, 2.75) is 0 Å². The SMILES string of the molecule is COc1ccc(-c2ccc(C(=O)O)nn2)c(F)c1. The molecule has 0 spiro atoms. The number of aromatic carboxylic acids is 1. The molecule has 1 aromatic carbocycles. The minimum absolute atomic E-state index is 0.187. The molecule has 92 valence electrons. The highest BCUT2D eigenvalue weighted by atomic mass is 19.1. The van der Waals surface area contributed by atoms with E-state index in [1.165, 1.54) is 31.4 Å². The van der Waals surface area contributed by atoms with Gasteiger partial charge in [-0.2, -0.15) is 0 Å². The fourth-order valence-electron chi connectivity index (χ4n) is 1.42. The van der Waals surface area contributed by atoms with E-state index in [2.05, 4.69) is 10.2 Å². The molecule has 5 nitrogen and oxygen atoms in total. The van der Waals surface area contributed by atoms with Gasteiger partial charge in [0.2, 0.25) is 0 Å². The van der Waals surface area contributed by atoms with Crippen LogP contribution >= 0.6 is 0 Å². The van der Waals surface area contributed by atoms with Gasteiger partial charge in [-0.1, -0.05) is 0 Å². The van der Waals surface area contributed by atoms with E-state index in [0.29, 0.717) is 5.75 Å². The summed E-state index contributed by atoms with van der Waals surface area (Å²) in [6, 6.07) is 6.99. The maximum absolute atomic E-state index is 13.7. The predicted molar refractivity (Wildman–Crippen MR) is 60.9 cm³/mol. The maximum Gasteiger partial charge on any atom is 0.356 e. The van der Waals surface area contributed by atoms with Gasteiger partial charge >= 0.3 is 5.97 Å². The van der Waals surface area contributed by atoms with Gasteiger partial charge < -0.3 is 9.84 Å².